The van der Waals surface area contributed by atoms with Gasteiger partial charge < -0.3 is 15.3 Å². The Morgan fingerprint density at radius 1 is 0.482 bits per heavy atom. The molecular formula is C41H36N2O10S3. The number of nitrogens with one attached hydrogen (secondary N) is 2. The topological polar surface area (TPSA) is 204 Å². The molecule has 1 aromatic heterocycles. The first kappa shape index (κ1) is 40.9. The number of aryl methyl sites for hydroxylation is 4. The molecule has 6 aromatic rings. The van der Waals surface area contributed by atoms with Crippen LogP contribution in [-0.2, 0) is 45.7 Å². The zero-order chi connectivity index (χ0) is 40.3. The van der Waals surface area contributed by atoms with Crippen molar-refractivity contribution in [1.29, 1.82) is 0 Å². The maximum absolute atomic E-state index is 12.5. The SMILES string of the molecule is O=C(O)c1ccc(S(=O)(=O)Nc2ccc(CCc3ccccc3C(=O)O)cc2)cc1.O=C(O)c1ccccc1CCc1ccc(NS(=O)(=O)c2cccs2)cc1. The fraction of sp³-hybridized carbons (Fsp3) is 0.0976. The van der Waals surface area contributed by atoms with Crippen molar-refractivity contribution >= 4 is 60.7 Å². The van der Waals surface area contributed by atoms with E-state index < -0.39 is 38.0 Å². The van der Waals surface area contributed by atoms with E-state index in [4.69, 9.17) is 5.11 Å². The normalized spacial score (nSPS) is 11.1. The quantitative estimate of drug-likeness (QED) is 0.0683. The Labute approximate surface area is 327 Å². The van der Waals surface area contributed by atoms with Crippen molar-refractivity contribution < 1.29 is 46.5 Å². The molecule has 1 heterocycles. The first-order valence-corrected chi connectivity index (χ1v) is 20.8. The molecule has 0 aliphatic heterocycles. The molecule has 12 nitrogen and oxygen atoms in total. The monoisotopic (exact) mass is 812 g/mol. The highest BCUT2D eigenvalue weighted by Gasteiger charge is 2.17. The molecule has 0 aliphatic carbocycles. The molecule has 15 heteroatoms. The lowest BCUT2D eigenvalue weighted by molar-refractivity contribution is 0.0684. The van der Waals surface area contributed by atoms with Gasteiger partial charge in [0, 0.05) is 11.4 Å². The molecule has 288 valence electrons. The van der Waals surface area contributed by atoms with Crippen molar-refractivity contribution in [3.8, 4) is 0 Å². The molecule has 0 bridgehead atoms. The second-order valence-electron chi connectivity index (χ2n) is 12.3. The Morgan fingerprint density at radius 3 is 1.34 bits per heavy atom. The summed E-state index contributed by atoms with van der Waals surface area (Å²) in [6, 6.07) is 35.9. The lowest BCUT2D eigenvalue weighted by atomic mass is 10.00. The molecule has 0 amide bonds. The van der Waals surface area contributed by atoms with Crippen LogP contribution < -0.4 is 9.44 Å². The number of hydrogen-bond acceptors (Lipinski definition) is 8. The van der Waals surface area contributed by atoms with E-state index in [9.17, 15) is 41.4 Å². The van der Waals surface area contributed by atoms with Crippen molar-refractivity contribution in [3.63, 3.8) is 0 Å². The Kier molecular flexibility index (Phi) is 13.4. The van der Waals surface area contributed by atoms with Gasteiger partial charge in [-0.05, 0) is 120 Å². The number of sulfonamides is 2. The third kappa shape index (κ3) is 11.1. The summed E-state index contributed by atoms with van der Waals surface area (Å²) in [6.07, 6.45) is 2.42. The van der Waals surface area contributed by atoms with Gasteiger partial charge in [-0.1, -0.05) is 66.7 Å². The van der Waals surface area contributed by atoms with Crippen LogP contribution in [0.2, 0.25) is 0 Å². The number of carboxylic acid groups (broad SMARTS) is 3. The number of carboxylic acids is 3. The lowest BCUT2D eigenvalue weighted by Crippen LogP contribution is -2.13. The number of anilines is 2. The van der Waals surface area contributed by atoms with Crippen molar-refractivity contribution in [1.82, 2.24) is 0 Å². The van der Waals surface area contributed by atoms with E-state index in [-0.39, 0.29) is 20.2 Å². The predicted molar refractivity (Wildman–Crippen MR) is 214 cm³/mol. The molecule has 56 heavy (non-hydrogen) atoms. The minimum atomic E-state index is -3.85. The number of carbonyl (C=O) groups is 3. The van der Waals surface area contributed by atoms with Crippen LogP contribution in [0.3, 0.4) is 0 Å². The van der Waals surface area contributed by atoms with Gasteiger partial charge >= 0.3 is 17.9 Å². The Bertz CT molecular complexity index is 2520. The van der Waals surface area contributed by atoms with Crippen LogP contribution in [0.15, 0.2) is 148 Å². The van der Waals surface area contributed by atoms with Crippen LogP contribution in [0.25, 0.3) is 0 Å². The van der Waals surface area contributed by atoms with Gasteiger partial charge in [-0.3, -0.25) is 9.44 Å². The average Bonchev–Trinajstić information content (AvgIpc) is 3.75. The molecule has 5 aromatic carbocycles. The van der Waals surface area contributed by atoms with Crippen LogP contribution in [0, 0.1) is 0 Å². The molecule has 5 N–H and O–H groups in total. The number of thiophene rings is 1. The van der Waals surface area contributed by atoms with Crippen molar-refractivity contribution in [3.05, 3.63) is 178 Å². The molecule has 0 unspecified atom stereocenters. The van der Waals surface area contributed by atoms with E-state index in [0.717, 1.165) is 33.6 Å². The first-order valence-electron chi connectivity index (χ1n) is 16.9. The van der Waals surface area contributed by atoms with Gasteiger partial charge in [0.15, 0.2) is 0 Å². The van der Waals surface area contributed by atoms with Crippen LogP contribution in [0.5, 0.6) is 0 Å². The molecule has 0 spiro atoms. The number of rotatable bonds is 15. The van der Waals surface area contributed by atoms with E-state index in [1.165, 1.54) is 24.3 Å². The van der Waals surface area contributed by atoms with Gasteiger partial charge in [0.1, 0.15) is 4.21 Å². The van der Waals surface area contributed by atoms with E-state index in [0.29, 0.717) is 42.6 Å². The zero-order valence-electron chi connectivity index (χ0n) is 29.5. The largest absolute Gasteiger partial charge is 0.478 e. The summed E-state index contributed by atoms with van der Waals surface area (Å²) in [6.45, 7) is 0. The standard InChI is InChI=1S/C22H19NO6S.C19H17NO4S2/c24-21(25)17-9-13-19(14-10-17)30(28,29)23-18-11-6-15(7-12-18)5-8-16-3-1-2-4-20(16)22(26)27;21-19(22)17-5-2-1-4-15(17)10-7-14-8-11-16(12-9-14)20-26(23,24)18-6-3-13-25-18/h1-4,6-7,9-14,23H,5,8H2,(H,24,25)(H,26,27);1-6,8-9,11-13,20H,7,10H2,(H,21,22). The van der Waals surface area contributed by atoms with Gasteiger partial charge in [-0.15, -0.1) is 11.3 Å². The molecule has 0 atom stereocenters. The Balaban J connectivity index is 0.000000216. The molecule has 0 saturated carbocycles. The fourth-order valence-electron chi connectivity index (χ4n) is 5.54. The molecular weight excluding hydrogens is 777 g/mol. The molecule has 0 saturated heterocycles. The summed E-state index contributed by atoms with van der Waals surface area (Å²) in [5.74, 6) is -3.03. The molecule has 0 aliphatic rings. The Hall–Kier alpha value is -6.29. The summed E-state index contributed by atoms with van der Waals surface area (Å²) in [7, 11) is -7.40. The fourth-order valence-corrected chi connectivity index (χ4v) is 8.65. The molecule has 0 fully saturated rings. The van der Waals surface area contributed by atoms with Crippen molar-refractivity contribution in [2.75, 3.05) is 9.44 Å². The second kappa shape index (κ2) is 18.4. The van der Waals surface area contributed by atoms with E-state index in [1.807, 2.05) is 24.3 Å². The van der Waals surface area contributed by atoms with Crippen molar-refractivity contribution in [2.24, 2.45) is 0 Å². The minimum absolute atomic E-state index is 0.00257. The molecule has 6 rings (SSSR count). The summed E-state index contributed by atoms with van der Waals surface area (Å²) >= 11 is 1.16. The highest BCUT2D eigenvalue weighted by atomic mass is 32.2. The summed E-state index contributed by atoms with van der Waals surface area (Å²) < 4.78 is 54.6. The maximum atomic E-state index is 12.5. The van der Waals surface area contributed by atoms with E-state index in [2.05, 4.69) is 9.44 Å². The minimum Gasteiger partial charge on any atom is -0.478 e. The smallest absolute Gasteiger partial charge is 0.335 e. The van der Waals surface area contributed by atoms with E-state index >= 15 is 0 Å². The summed E-state index contributed by atoms with van der Waals surface area (Å²) in [5.41, 5.74) is 4.90. The third-order valence-corrected chi connectivity index (χ3v) is 12.6. The Morgan fingerprint density at radius 2 is 0.929 bits per heavy atom. The average molecular weight is 813 g/mol. The van der Waals surface area contributed by atoms with Crippen LogP contribution in [0.4, 0.5) is 11.4 Å². The third-order valence-electron chi connectivity index (χ3n) is 8.45. The number of benzene rings is 5. The number of hydrogen-bond donors (Lipinski definition) is 5. The predicted octanol–water partition coefficient (Wildman–Crippen LogP) is 7.70. The lowest BCUT2D eigenvalue weighted by Gasteiger charge is -2.10. The van der Waals surface area contributed by atoms with Gasteiger partial charge in [0.05, 0.1) is 21.6 Å². The first-order chi connectivity index (χ1) is 26.7. The van der Waals surface area contributed by atoms with E-state index in [1.54, 1.807) is 90.3 Å². The highest BCUT2D eigenvalue weighted by molar-refractivity contribution is 7.94. The summed E-state index contributed by atoms with van der Waals surface area (Å²) in [5, 5.41) is 29.1. The second-order valence-corrected chi connectivity index (χ2v) is 16.8. The van der Waals surface area contributed by atoms with Gasteiger partial charge in [-0.2, -0.15) is 0 Å². The van der Waals surface area contributed by atoms with Crippen LogP contribution >= 0.6 is 11.3 Å². The summed E-state index contributed by atoms with van der Waals surface area (Å²) in [4.78, 5) is 33.4. The van der Waals surface area contributed by atoms with Crippen LogP contribution in [0.1, 0.15) is 53.3 Å². The van der Waals surface area contributed by atoms with Gasteiger partial charge in [-0.25, -0.2) is 31.2 Å². The van der Waals surface area contributed by atoms with Gasteiger partial charge in [0.2, 0.25) is 0 Å². The van der Waals surface area contributed by atoms with Crippen molar-refractivity contribution in [2.45, 2.75) is 34.8 Å². The maximum Gasteiger partial charge on any atom is 0.335 e. The van der Waals surface area contributed by atoms with Gasteiger partial charge in [0.25, 0.3) is 20.0 Å². The number of aromatic carboxylic acids is 3. The van der Waals surface area contributed by atoms with Crippen LogP contribution in [-0.4, -0.2) is 50.1 Å². The zero-order valence-corrected chi connectivity index (χ0v) is 32.0. The molecule has 0 radical (unpaired) electrons. The highest BCUT2D eigenvalue weighted by Crippen LogP contribution is 2.22.